The third kappa shape index (κ3) is 3.70. The van der Waals surface area contributed by atoms with Gasteiger partial charge in [-0.25, -0.2) is 4.79 Å². The number of benzene rings is 1. The fourth-order valence-corrected chi connectivity index (χ4v) is 1.49. The van der Waals surface area contributed by atoms with Crippen LogP contribution in [0.25, 0.3) is 0 Å². The topological polar surface area (TPSA) is 46.5 Å². The molecular formula is C11H13IO3. The molecule has 0 aliphatic rings. The molecule has 0 aromatic heterocycles. The Hall–Kier alpha value is -0.780. The maximum atomic E-state index is 10.9. The Morgan fingerprint density at radius 3 is 2.27 bits per heavy atom. The highest BCUT2D eigenvalue weighted by molar-refractivity contribution is 14.1. The lowest BCUT2D eigenvalue weighted by Gasteiger charge is -2.18. The van der Waals surface area contributed by atoms with Crippen LogP contribution < -0.4 is 4.74 Å². The Kier molecular flexibility index (Phi) is 4.38. The molecule has 0 amide bonds. The van der Waals surface area contributed by atoms with E-state index in [0.717, 1.165) is 3.57 Å². The van der Waals surface area contributed by atoms with Gasteiger partial charge in [-0.2, -0.15) is 0 Å². The predicted molar refractivity (Wildman–Crippen MR) is 66.0 cm³/mol. The number of aliphatic carboxylic acids is 1. The van der Waals surface area contributed by atoms with Crippen molar-refractivity contribution < 1.29 is 14.6 Å². The molecular weight excluding hydrogens is 307 g/mol. The molecule has 0 fully saturated rings. The third-order valence-corrected chi connectivity index (χ3v) is 2.64. The standard InChI is InChI=1S/C11H13IO3/c1-7(2)10(11(13)14)15-9-5-3-8(12)4-6-9/h3-7,10H,1-2H3,(H,13,14). The molecule has 1 N–H and O–H groups in total. The van der Waals surface area contributed by atoms with Crippen LogP contribution in [0.15, 0.2) is 24.3 Å². The third-order valence-electron chi connectivity index (χ3n) is 1.93. The molecule has 0 aliphatic heterocycles. The molecule has 15 heavy (non-hydrogen) atoms. The van der Waals surface area contributed by atoms with Crippen LogP contribution in [0.5, 0.6) is 5.75 Å². The van der Waals surface area contributed by atoms with Crippen LogP contribution in [0.1, 0.15) is 13.8 Å². The summed E-state index contributed by atoms with van der Waals surface area (Å²) in [7, 11) is 0. The SMILES string of the molecule is CC(C)C(Oc1ccc(I)cc1)C(=O)O. The summed E-state index contributed by atoms with van der Waals surface area (Å²) in [6.07, 6.45) is -0.787. The summed E-state index contributed by atoms with van der Waals surface area (Å²) in [6, 6.07) is 7.32. The van der Waals surface area contributed by atoms with Crippen LogP contribution in [-0.4, -0.2) is 17.2 Å². The van der Waals surface area contributed by atoms with E-state index in [1.165, 1.54) is 0 Å². The van der Waals surface area contributed by atoms with Crippen molar-refractivity contribution in [2.24, 2.45) is 5.92 Å². The van der Waals surface area contributed by atoms with Gasteiger partial charge in [-0.1, -0.05) is 13.8 Å². The van der Waals surface area contributed by atoms with Gasteiger partial charge in [0.05, 0.1) is 0 Å². The smallest absolute Gasteiger partial charge is 0.345 e. The Morgan fingerprint density at radius 1 is 1.33 bits per heavy atom. The molecule has 1 aromatic rings. The first-order valence-corrected chi connectivity index (χ1v) is 5.73. The number of ether oxygens (including phenoxy) is 1. The fourth-order valence-electron chi connectivity index (χ4n) is 1.13. The summed E-state index contributed by atoms with van der Waals surface area (Å²) in [5, 5.41) is 8.93. The van der Waals surface area contributed by atoms with E-state index in [1.807, 2.05) is 26.0 Å². The van der Waals surface area contributed by atoms with Gasteiger partial charge >= 0.3 is 5.97 Å². The molecule has 0 saturated heterocycles. The van der Waals surface area contributed by atoms with Crippen molar-refractivity contribution in [3.05, 3.63) is 27.8 Å². The lowest BCUT2D eigenvalue weighted by Crippen LogP contribution is -2.32. The van der Waals surface area contributed by atoms with Crippen LogP contribution in [0.3, 0.4) is 0 Å². The van der Waals surface area contributed by atoms with E-state index < -0.39 is 12.1 Å². The monoisotopic (exact) mass is 320 g/mol. The van der Waals surface area contributed by atoms with Gasteiger partial charge in [0.15, 0.2) is 6.10 Å². The van der Waals surface area contributed by atoms with Gasteiger partial charge in [0, 0.05) is 9.49 Å². The van der Waals surface area contributed by atoms with Gasteiger partial charge in [0.25, 0.3) is 0 Å². The first-order valence-electron chi connectivity index (χ1n) is 4.65. The fraction of sp³-hybridized carbons (Fsp3) is 0.364. The van der Waals surface area contributed by atoms with Crippen molar-refractivity contribution in [2.45, 2.75) is 20.0 Å². The molecule has 0 aliphatic carbocycles. The zero-order valence-electron chi connectivity index (χ0n) is 8.61. The molecule has 3 nitrogen and oxygen atoms in total. The highest BCUT2D eigenvalue weighted by atomic mass is 127. The van der Waals surface area contributed by atoms with Crippen LogP contribution in [0.4, 0.5) is 0 Å². The quantitative estimate of drug-likeness (QED) is 0.868. The van der Waals surface area contributed by atoms with Gasteiger partial charge < -0.3 is 9.84 Å². The maximum absolute atomic E-state index is 10.9. The van der Waals surface area contributed by atoms with Gasteiger partial charge in [0.2, 0.25) is 0 Å². The zero-order valence-corrected chi connectivity index (χ0v) is 10.8. The lowest BCUT2D eigenvalue weighted by atomic mass is 10.1. The second-order valence-corrected chi connectivity index (χ2v) is 4.82. The average Bonchev–Trinajstić information content (AvgIpc) is 2.15. The zero-order chi connectivity index (χ0) is 11.4. The molecule has 4 heteroatoms. The first kappa shape index (κ1) is 12.3. The highest BCUT2D eigenvalue weighted by Crippen LogP contribution is 2.17. The minimum Gasteiger partial charge on any atom is -0.478 e. The Labute approximate surface area is 103 Å². The lowest BCUT2D eigenvalue weighted by molar-refractivity contribution is -0.147. The second-order valence-electron chi connectivity index (χ2n) is 3.57. The van der Waals surface area contributed by atoms with E-state index >= 15 is 0 Å². The molecule has 0 bridgehead atoms. The summed E-state index contributed by atoms with van der Waals surface area (Å²) in [4.78, 5) is 10.9. The molecule has 1 atom stereocenters. The van der Waals surface area contributed by atoms with Crippen LogP contribution in [-0.2, 0) is 4.79 Å². The van der Waals surface area contributed by atoms with Gasteiger partial charge in [-0.3, -0.25) is 0 Å². The van der Waals surface area contributed by atoms with Crippen molar-refractivity contribution in [3.63, 3.8) is 0 Å². The molecule has 1 unspecified atom stereocenters. The molecule has 0 saturated carbocycles. The van der Waals surface area contributed by atoms with Crippen molar-refractivity contribution in [2.75, 3.05) is 0 Å². The van der Waals surface area contributed by atoms with Crippen molar-refractivity contribution >= 4 is 28.6 Å². The first-order chi connectivity index (χ1) is 7.00. The van der Waals surface area contributed by atoms with Crippen molar-refractivity contribution in [1.82, 2.24) is 0 Å². The minimum atomic E-state index is -0.927. The van der Waals surface area contributed by atoms with E-state index in [4.69, 9.17) is 9.84 Å². The summed E-state index contributed by atoms with van der Waals surface area (Å²) >= 11 is 2.19. The van der Waals surface area contributed by atoms with E-state index in [2.05, 4.69) is 22.6 Å². The molecule has 1 aromatic carbocycles. The Bertz CT molecular complexity index is 332. The Balaban J connectivity index is 2.74. The summed E-state index contributed by atoms with van der Waals surface area (Å²) in [6.45, 7) is 3.65. The number of hydrogen-bond acceptors (Lipinski definition) is 2. The largest absolute Gasteiger partial charge is 0.478 e. The molecule has 0 spiro atoms. The Morgan fingerprint density at radius 2 is 1.87 bits per heavy atom. The number of rotatable bonds is 4. The molecule has 0 heterocycles. The van der Waals surface area contributed by atoms with Crippen molar-refractivity contribution in [1.29, 1.82) is 0 Å². The van der Waals surface area contributed by atoms with E-state index in [9.17, 15) is 4.79 Å². The van der Waals surface area contributed by atoms with E-state index in [-0.39, 0.29) is 5.92 Å². The second kappa shape index (κ2) is 5.34. The van der Waals surface area contributed by atoms with E-state index in [1.54, 1.807) is 12.1 Å². The minimum absolute atomic E-state index is 0.0539. The number of carboxylic acids is 1. The summed E-state index contributed by atoms with van der Waals surface area (Å²) in [5.41, 5.74) is 0. The van der Waals surface area contributed by atoms with Crippen LogP contribution in [0.2, 0.25) is 0 Å². The highest BCUT2D eigenvalue weighted by Gasteiger charge is 2.23. The molecule has 82 valence electrons. The summed E-state index contributed by atoms with van der Waals surface area (Å²) < 4.78 is 6.48. The predicted octanol–water partition coefficient (Wildman–Crippen LogP) is 2.78. The summed E-state index contributed by atoms with van der Waals surface area (Å²) in [5.74, 6) is -0.387. The van der Waals surface area contributed by atoms with Crippen molar-refractivity contribution in [3.8, 4) is 5.75 Å². The van der Waals surface area contributed by atoms with Crippen LogP contribution >= 0.6 is 22.6 Å². The number of hydrogen-bond donors (Lipinski definition) is 1. The van der Waals surface area contributed by atoms with Gasteiger partial charge in [-0.15, -0.1) is 0 Å². The average molecular weight is 320 g/mol. The number of carbonyl (C=O) groups is 1. The molecule has 0 radical (unpaired) electrons. The molecule has 1 rings (SSSR count). The normalized spacial score (nSPS) is 12.5. The number of halogens is 1. The van der Waals surface area contributed by atoms with E-state index in [0.29, 0.717) is 5.75 Å². The maximum Gasteiger partial charge on any atom is 0.345 e. The number of carboxylic acid groups (broad SMARTS) is 1. The van der Waals surface area contributed by atoms with Crippen LogP contribution in [0, 0.1) is 9.49 Å². The van der Waals surface area contributed by atoms with Gasteiger partial charge in [-0.05, 0) is 46.9 Å². The van der Waals surface area contributed by atoms with Gasteiger partial charge in [0.1, 0.15) is 5.75 Å².